The molecule has 0 unspecified atom stereocenters. The lowest BCUT2D eigenvalue weighted by Gasteiger charge is -2.06. The summed E-state index contributed by atoms with van der Waals surface area (Å²) < 4.78 is 6.84. The molecule has 0 atom stereocenters. The fourth-order valence-electron chi connectivity index (χ4n) is 1.56. The SMILES string of the molecule is C=Cn1cc(CNc2ccc(OCC#N)cc2)cn1. The maximum atomic E-state index is 8.41. The Morgan fingerprint density at radius 3 is 2.84 bits per heavy atom. The lowest BCUT2D eigenvalue weighted by atomic mass is 10.3. The molecule has 1 N–H and O–H groups in total. The van der Waals surface area contributed by atoms with Gasteiger partial charge in [-0.1, -0.05) is 6.58 Å². The molecular weight excluding hydrogens is 240 g/mol. The Balaban J connectivity index is 1.89. The number of ether oxygens (including phenoxy) is 1. The molecule has 0 spiro atoms. The van der Waals surface area contributed by atoms with Crippen molar-refractivity contribution < 1.29 is 4.74 Å². The van der Waals surface area contributed by atoms with Crippen LogP contribution in [0.4, 0.5) is 5.69 Å². The molecule has 0 aliphatic carbocycles. The summed E-state index contributed by atoms with van der Waals surface area (Å²) in [5.41, 5.74) is 2.06. The monoisotopic (exact) mass is 254 g/mol. The van der Waals surface area contributed by atoms with Crippen LogP contribution in [0.15, 0.2) is 43.2 Å². The van der Waals surface area contributed by atoms with E-state index in [0.29, 0.717) is 12.3 Å². The fraction of sp³-hybridized carbons (Fsp3) is 0.143. The van der Waals surface area contributed by atoms with E-state index in [1.165, 1.54) is 0 Å². The number of anilines is 1. The summed E-state index contributed by atoms with van der Waals surface area (Å²) in [6.07, 6.45) is 5.34. The third kappa shape index (κ3) is 3.61. The van der Waals surface area contributed by atoms with Crippen molar-refractivity contribution in [3.63, 3.8) is 0 Å². The second-order valence-corrected chi connectivity index (χ2v) is 3.84. The second-order valence-electron chi connectivity index (χ2n) is 3.84. The van der Waals surface area contributed by atoms with Crippen LogP contribution in [0.3, 0.4) is 0 Å². The van der Waals surface area contributed by atoms with Crippen LogP contribution >= 0.6 is 0 Å². The number of nitriles is 1. The lowest BCUT2D eigenvalue weighted by molar-refractivity contribution is 0.368. The summed E-state index contributed by atoms with van der Waals surface area (Å²) in [7, 11) is 0. The summed E-state index contributed by atoms with van der Waals surface area (Å²) in [6.45, 7) is 4.39. The molecule has 0 saturated carbocycles. The summed E-state index contributed by atoms with van der Waals surface area (Å²) >= 11 is 0. The van der Waals surface area contributed by atoms with E-state index in [1.54, 1.807) is 17.1 Å². The maximum Gasteiger partial charge on any atom is 0.174 e. The van der Waals surface area contributed by atoms with Gasteiger partial charge in [-0.05, 0) is 24.3 Å². The van der Waals surface area contributed by atoms with Gasteiger partial charge in [-0.15, -0.1) is 0 Å². The van der Waals surface area contributed by atoms with Gasteiger partial charge >= 0.3 is 0 Å². The number of rotatable bonds is 6. The van der Waals surface area contributed by atoms with E-state index < -0.39 is 0 Å². The van der Waals surface area contributed by atoms with Gasteiger partial charge in [-0.2, -0.15) is 10.4 Å². The molecule has 19 heavy (non-hydrogen) atoms. The van der Waals surface area contributed by atoms with Crippen LogP contribution < -0.4 is 10.1 Å². The third-order valence-corrected chi connectivity index (χ3v) is 2.50. The van der Waals surface area contributed by atoms with Gasteiger partial charge in [-0.3, -0.25) is 0 Å². The molecule has 5 nitrogen and oxygen atoms in total. The van der Waals surface area contributed by atoms with Crippen LogP contribution in [0.2, 0.25) is 0 Å². The highest BCUT2D eigenvalue weighted by Gasteiger charge is 1.98. The number of benzene rings is 1. The van der Waals surface area contributed by atoms with Crippen molar-refractivity contribution in [2.24, 2.45) is 0 Å². The van der Waals surface area contributed by atoms with Crippen molar-refractivity contribution in [1.82, 2.24) is 9.78 Å². The largest absolute Gasteiger partial charge is 0.479 e. The zero-order chi connectivity index (χ0) is 13.5. The normalized spacial score (nSPS) is 9.63. The van der Waals surface area contributed by atoms with E-state index in [9.17, 15) is 0 Å². The maximum absolute atomic E-state index is 8.41. The van der Waals surface area contributed by atoms with Gasteiger partial charge in [0, 0.05) is 30.2 Å². The van der Waals surface area contributed by atoms with Crippen LogP contribution in [-0.4, -0.2) is 16.4 Å². The van der Waals surface area contributed by atoms with Gasteiger partial charge in [0.25, 0.3) is 0 Å². The molecule has 1 aromatic heterocycles. The number of nitrogens with zero attached hydrogens (tertiary/aromatic N) is 3. The first-order chi connectivity index (χ1) is 9.31. The molecule has 0 radical (unpaired) electrons. The number of aromatic nitrogens is 2. The molecule has 1 aromatic carbocycles. The molecule has 2 rings (SSSR count). The van der Waals surface area contributed by atoms with Gasteiger partial charge < -0.3 is 10.1 Å². The molecule has 0 aliphatic heterocycles. The highest BCUT2D eigenvalue weighted by molar-refractivity contribution is 5.46. The quantitative estimate of drug-likeness (QED) is 0.860. The minimum atomic E-state index is 0.0630. The number of hydrogen-bond donors (Lipinski definition) is 1. The van der Waals surface area contributed by atoms with Crippen molar-refractivity contribution in [2.75, 3.05) is 11.9 Å². The Morgan fingerprint density at radius 2 is 2.21 bits per heavy atom. The molecule has 5 heteroatoms. The Bertz CT molecular complexity index is 580. The van der Waals surface area contributed by atoms with Crippen LogP contribution in [0.1, 0.15) is 5.56 Å². The number of hydrogen-bond acceptors (Lipinski definition) is 4. The van der Waals surface area contributed by atoms with Crippen LogP contribution in [-0.2, 0) is 6.54 Å². The van der Waals surface area contributed by atoms with E-state index in [1.807, 2.05) is 36.5 Å². The van der Waals surface area contributed by atoms with Gasteiger partial charge in [0.1, 0.15) is 11.8 Å². The average Bonchev–Trinajstić information content (AvgIpc) is 2.92. The first-order valence-electron chi connectivity index (χ1n) is 5.81. The van der Waals surface area contributed by atoms with E-state index in [-0.39, 0.29) is 6.61 Å². The zero-order valence-corrected chi connectivity index (χ0v) is 10.4. The minimum absolute atomic E-state index is 0.0630. The average molecular weight is 254 g/mol. The first kappa shape index (κ1) is 12.7. The molecule has 0 bridgehead atoms. The Labute approximate surface area is 111 Å². The van der Waals surface area contributed by atoms with Crippen LogP contribution in [0, 0.1) is 11.3 Å². The van der Waals surface area contributed by atoms with Crippen molar-refractivity contribution in [1.29, 1.82) is 5.26 Å². The molecule has 0 aliphatic rings. The molecule has 0 saturated heterocycles. The predicted octanol–water partition coefficient (Wildman–Crippen LogP) is 2.50. The predicted molar refractivity (Wildman–Crippen MR) is 73.5 cm³/mol. The van der Waals surface area contributed by atoms with Crippen LogP contribution in [0.25, 0.3) is 6.20 Å². The fourth-order valence-corrected chi connectivity index (χ4v) is 1.56. The summed E-state index contributed by atoms with van der Waals surface area (Å²) in [5.74, 6) is 0.687. The topological polar surface area (TPSA) is 62.9 Å². The molecule has 0 fully saturated rings. The molecule has 96 valence electrons. The van der Waals surface area contributed by atoms with Crippen LogP contribution in [0.5, 0.6) is 5.75 Å². The molecular formula is C14H14N4O. The van der Waals surface area contributed by atoms with E-state index >= 15 is 0 Å². The third-order valence-electron chi connectivity index (χ3n) is 2.50. The van der Waals surface area contributed by atoms with E-state index in [4.69, 9.17) is 10.00 Å². The first-order valence-corrected chi connectivity index (χ1v) is 5.81. The standard InChI is InChI=1S/C14H14N4O/c1-2-18-11-12(10-17-18)9-16-13-3-5-14(6-4-13)19-8-7-15/h2-6,10-11,16H,1,8-9H2. The van der Waals surface area contributed by atoms with Crippen molar-refractivity contribution in [3.05, 3.63) is 48.8 Å². The summed E-state index contributed by atoms with van der Waals surface area (Å²) in [6, 6.07) is 9.40. The van der Waals surface area contributed by atoms with Crippen molar-refractivity contribution in [3.8, 4) is 11.8 Å². The van der Waals surface area contributed by atoms with Crippen molar-refractivity contribution in [2.45, 2.75) is 6.54 Å². The Kier molecular flexibility index (Phi) is 4.19. The van der Waals surface area contributed by atoms with Gasteiger partial charge in [0.2, 0.25) is 0 Å². The van der Waals surface area contributed by atoms with Crippen molar-refractivity contribution >= 4 is 11.9 Å². The Hall–Kier alpha value is -2.74. The highest BCUT2D eigenvalue weighted by atomic mass is 16.5. The zero-order valence-electron chi connectivity index (χ0n) is 10.4. The van der Waals surface area contributed by atoms with Gasteiger partial charge in [-0.25, -0.2) is 4.68 Å². The van der Waals surface area contributed by atoms with E-state index in [0.717, 1.165) is 11.3 Å². The number of nitrogens with one attached hydrogen (secondary N) is 1. The van der Waals surface area contributed by atoms with E-state index in [2.05, 4.69) is 17.0 Å². The smallest absolute Gasteiger partial charge is 0.174 e. The summed E-state index contributed by atoms with van der Waals surface area (Å²) in [5, 5.41) is 15.8. The molecule has 1 heterocycles. The van der Waals surface area contributed by atoms with Gasteiger partial charge in [0.15, 0.2) is 6.61 Å². The second kappa shape index (κ2) is 6.26. The summed E-state index contributed by atoms with van der Waals surface area (Å²) in [4.78, 5) is 0. The van der Waals surface area contributed by atoms with Gasteiger partial charge in [0.05, 0.1) is 6.20 Å². The minimum Gasteiger partial charge on any atom is -0.479 e. The molecule has 0 amide bonds. The highest BCUT2D eigenvalue weighted by Crippen LogP contribution is 2.16. The Morgan fingerprint density at radius 1 is 1.42 bits per heavy atom. The molecule has 2 aromatic rings. The lowest BCUT2D eigenvalue weighted by Crippen LogP contribution is -1.98.